The summed E-state index contributed by atoms with van der Waals surface area (Å²) in [5, 5.41) is 19.0. The van der Waals surface area contributed by atoms with Gasteiger partial charge in [0.25, 0.3) is 5.91 Å². The molecule has 0 unspecified atom stereocenters. The number of carbonyl (C=O) groups excluding carboxylic acids is 1. The molecule has 1 amide bonds. The molecular weight excluding hydrogens is 390 g/mol. The highest BCUT2D eigenvalue weighted by Crippen LogP contribution is 2.32. The van der Waals surface area contributed by atoms with Crippen molar-refractivity contribution in [2.24, 2.45) is 7.05 Å². The van der Waals surface area contributed by atoms with Crippen LogP contribution in [0.15, 0.2) is 42.6 Å². The average Bonchev–Trinajstić information content (AvgIpc) is 3.26. The third-order valence-electron chi connectivity index (χ3n) is 4.86. The van der Waals surface area contributed by atoms with Gasteiger partial charge in [-0.2, -0.15) is 10.1 Å². The van der Waals surface area contributed by atoms with Gasteiger partial charge in [0.1, 0.15) is 0 Å². The van der Waals surface area contributed by atoms with E-state index in [2.05, 4.69) is 30.9 Å². The molecule has 4 aromatic rings. The third-order valence-corrected chi connectivity index (χ3v) is 5.27. The Morgan fingerprint density at radius 3 is 2.97 bits per heavy atom. The van der Waals surface area contributed by atoms with E-state index in [1.807, 2.05) is 24.3 Å². The molecule has 1 aliphatic rings. The van der Waals surface area contributed by atoms with Gasteiger partial charge in [0, 0.05) is 29.6 Å². The van der Waals surface area contributed by atoms with Crippen LogP contribution in [0.25, 0.3) is 22.3 Å². The summed E-state index contributed by atoms with van der Waals surface area (Å²) in [5.41, 5.74) is 2.94. The quantitative estimate of drug-likeness (QED) is 0.469. The molecule has 29 heavy (non-hydrogen) atoms. The van der Waals surface area contributed by atoms with E-state index in [4.69, 9.17) is 11.6 Å². The lowest BCUT2D eigenvalue weighted by Crippen LogP contribution is -2.25. The lowest BCUT2D eigenvalue weighted by molar-refractivity contribution is 0.0951. The van der Waals surface area contributed by atoms with Crippen molar-refractivity contribution in [3.63, 3.8) is 0 Å². The summed E-state index contributed by atoms with van der Waals surface area (Å²) >= 11 is 6.49. The number of H-pyrrole nitrogens is 1. The number of rotatable bonds is 5. The molecule has 0 radical (unpaired) electrons. The van der Waals surface area contributed by atoms with Gasteiger partial charge in [-0.05, 0) is 37.1 Å². The number of hydrogen-bond donors (Lipinski definition) is 3. The number of nitrogens with zero attached hydrogens (tertiary/aromatic N) is 4. The SMILES string of the molecule is Cn1nc(-c2cccc(C(=O)NC3CC3)c2)nc1Nc1ccc2[nH]ncc2c1Cl. The molecule has 0 spiro atoms. The molecule has 3 N–H and O–H groups in total. The van der Waals surface area contributed by atoms with Gasteiger partial charge in [0.15, 0.2) is 5.82 Å². The third kappa shape index (κ3) is 3.42. The molecule has 0 saturated heterocycles. The second kappa shape index (κ2) is 6.89. The molecule has 0 bridgehead atoms. The van der Waals surface area contributed by atoms with Crippen LogP contribution >= 0.6 is 11.6 Å². The molecule has 5 rings (SSSR count). The molecule has 2 aromatic carbocycles. The standard InChI is InChI=1S/C20H18ClN7O/c1-28-20(24-16-8-7-15-14(17(16)21)10-22-26-15)25-18(27-28)11-3-2-4-12(9-11)19(29)23-13-5-6-13/h2-4,7-10,13H,5-6H2,1H3,(H,22,26)(H,23,29)(H,24,25,27). The van der Waals surface area contributed by atoms with E-state index in [1.165, 1.54) is 0 Å². The van der Waals surface area contributed by atoms with Gasteiger partial charge in [0.05, 0.1) is 22.4 Å². The van der Waals surface area contributed by atoms with Gasteiger partial charge in [0.2, 0.25) is 5.95 Å². The van der Waals surface area contributed by atoms with Crippen LogP contribution < -0.4 is 10.6 Å². The number of anilines is 2. The highest BCUT2D eigenvalue weighted by Gasteiger charge is 2.24. The Labute approximate surface area is 171 Å². The van der Waals surface area contributed by atoms with Crippen molar-refractivity contribution in [1.29, 1.82) is 0 Å². The molecular formula is C20H18ClN7O. The zero-order chi connectivity index (χ0) is 20.0. The first-order valence-electron chi connectivity index (χ1n) is 9.29. The topological polar surface area (TPSA) is 101 Å². The van der Waals surface area contributed by atoms with Crippen LogP contribution in [0.4, 0.5) is 11.6 Å². The molecule has 0 aliphatic heterocycles. The maximum Gasteiger partial charge on any atom is 0.251 e. The summed E-state index contributed by atoms with van der Waals surface area (Å²) in [6.45, 7) is 0. The summed E-state index contributed by atoms with van der Waals surface area (Å²) in [5.74, 6) is 0.998. The van der Waals surface area contributed by atoms with E-state index in [1.54, 1.807) is 30.1 Å². The summed E-state index contributed by atoms with van der Waals surface area (Å²) in [6.07, 6.45) is 3.79. The van der Waals surface area contributed by atoms with Gasteiger partial charge < -0.3 is 10.6 Å². The van der Waals surface area contributed by atoms with Crippen molar-refractivity contribution in [2.75, 3.05) is 5.32 Å². The van der Waals surface area contributed by atoms with E-state index in [0.717, 1.165) is 29.3 Å². The van der Waals surface area contributed by atoms with E-state index in [-0.39, 0.29) is 5.91 Å². The summed E-state index contributed by atoms with van der Waals surface area (Å²) < 4.78 is 1.64. The minimum absolute atomic E-state index is 0.0659. The summed E-state index contributed by atoms with van der Waals surface area (Å²) in [7, 11) is 1.80. The van der Waals surface area contributed by atoms with Crippen LogP contribution in [0.3, 0.4) is 0 Å². The summed E-state index contributed by atoms with van der Waals surface area (Å²) in [4.78, 5) is 16.9. The van der Waals surface area contributed by atoms with E-state index in [9.17, 15) is 4.79 Å². The van der Waals surface area contributed by atoms with Crippen LogP contribution in [-0.4, -0.2) is 36.9 Å². The molecule has 1 fully saturated rings. The fourth-order valence-corrected chi connectivity index (χ4v) is 3.37. The monoisotopic (exact) mass is 407 g/mol. The highest BCUT2D eigenvalue weighted by molar-refractivity contribution is 6.38. The minimum atomic E-state index is -0.0659. The van der Waals surface area contributed by atoms with Gasteiger partial charge in [-0.3, -0.25) is 9.89 Å². The van der Waals surface area contributed by atoms with E-state index >= 15 is 0 Å². The fraction of sp³-hybridized carbons (Fsp3) is 0.200. The Hall–Kier alpha value is -3.39. The number of carbonyl (C=O) groups is 1. The molecule has 2 heterocycles. The largest absolute Gasteiger partial charge is 0.349 e. The molecule has 1 aliphatic carbocycles. The van der Waals surface area contributed by atoms with E-state index in [0.29, 0.717) is 34.1 Å². The molecule has 2 aromatic heterocycles. The van der Waals surface area contributed by atoms with Crippen molar-refractivity contribution in [1.82, 2.24) is 30.3 Å². The number of aromatic nitrogens is 5. The van der Waals surface area contributed by atoms with Crippen LogP contribution in [0, 0.1) is 0 Å². The number of nitrogens with one attached hydrogen (secondary N) is 3. The van der Waals surface area contributed by atoms with Gasteiger partial charge >= 0.3 is 0 Å². The lowest BCUT2D eigenvalue weighted by atomic mass is 10.1. The lowest BCUT2D eigenvalue weighted by Gasteiger charge is -2.07. The minimum Gasteiger partial charge on any atom is -0.349 e. The maximum absolute atomic E-state index is 12.3. The summed E-state index contributed by atoms with van der Waals surface area (Å²) in [6, 6.07) is 11.4. The highest BCUT2D eigenvalue weighted by atomic mass is 35.5. The first-order chi connectivity index (χ1) is 14.1. The van der Waals surface area contributed by atoms with Crippen LogP contribution in [0.2, 0.25) is 5.02 Å². The van der Waals surface area contributed by atoms with Gasteiger partial charge in [-0.25, -0.2) is 4.68 Å². The number of aromatic amines is 1. The molecule has 9 heteroatoms. The fourth-order valence-electron chi connectivity index (χ4n) is 3.11. The van der Waals surface area contributed by atoms with Gasteiger partial charge in [-0.15, -0.1) is 5.10 Å². The number of aryl methyl sites for hydroxylation is 1. The Bertz CT molecular complexity index is 1220. The normalized spacial score (nSPS) is 13.6. The van der Waals surface area contributed by atoms with Crippen molar-refractivity contribution in [3.8, 4) is 11.4 Å². The smallest absolute Gasteiger partial charge is 0.251 e. The first kappa shape index (κ1) is 17.7. The molecule has 8 nitrogen and oxygen atoms in total. The average molecular weight is 408 g/mol. The Morgan fingerprint density at radius 2 is 2.14 bits per heavy atom. The number of fused-ring (bicyclic) bond motifs is 1. The predicted octanol–water partition coefficient (Wildman–Crippen LogP) is 3.65. The Kier molecular flexibility index (Phi) is 4.21. The zero-order valence-electron chi connectivity index (χ0n) is 15.6. The van der Waals surface area contributed by atoms with Crippen molar-refractivity contribution in [2.45, 2.75) is 18.9 Å². The Morgan fingerprint density at radius 1 is 1.28 bits per heavy atom. The number of hydrogen-bond acceptors (Lipinski definition) is 5. The van der Waals surface area contributed by atoms with Crippen LogP contribution in [-0.2, 0) is 7.05 Å². The van der Waals surface area contributed by atoms with Crippen LogP contribution in [0.1, 0.15) is 23.2 Å². The Balaban J connectivity index is 1.42. The predicted molar refractivity (Wildman–Crippen MR) is 111 cm³/mol. The second-order valence-electron chi connectivity index (χ2n) is 7.09. The molecule has 1 saturated carbocycles. The first-order valence-corrected chi connectivity index (χ1v) is 9.67. The van der Waals surface area contributed by atoms with Crippen molar-refractivity contribution < 1.29 is 4.79 Å². The van der Waals surface area contributed by atoms with Crippen molar-refractivity contribution >= 4 is 40.0 Å². The number of halogens is 1. The number of benzene rings is 2. The van der Waals surface area contributed by atoms with Gasteiger partial charge in [-0.1, -0.05) is 23.7 Å². The second-order valence-corrected chi connectivity index (χ2v) is 7.47. The molecule has 146 valence electrons. The molecule has 0 atom stereocenters. The van der Waals surface area contributed by atoms with Crippen molar-refractivity contribution in [3.05, 3.63) is 53.2 Å². The maximum atomic E-state index is 12.3. The van der Waals surface area contributed by atoms with Crippen LogP contribution in [0.5, 0.6) is 0 Å². The zero-order valence-corrected chi connectivity index (χ0v) is 16.4. The van der Waals surface area contributed by atoms with E-state index < -0.39 is 0 Å². The number of amides is 1.